The number of para-hydroxylation sites is 1. The van der Waals surface area contributed by atoms with E-state index < -0.39 is 22.7 Å². The van der Waals surface area contributed by atoms with Crippen molar-refractivity contribution in [1.82, 2.24) is 9.97 Å². The molecule has 0 saturated heterocycles. The first-order chi connectivity index (χ1) is 15.9. The van der Waals surface area contributed by atoms with Crippen LogP contribution in [0.15, 0.2) is 69.9 Å². The molecule has 2 aromatic carbocycles. The highest BCUT2D eigenvalue weighted by molar-refractivity contribution is 7.98. The topological polar surface area (TPSA) is 128 Å². The second kappa shape index (κ2) is 7.50. The first-order valence-electron chi connectivity index (χ1n) is 9.94. The van der Waals surface area contributed by atoms with Crippen LogP contribution in [0.3, 0.4) is 0 Å². The van der Waals surface area contributed by atoms with Gasteiger partial charge in [-0.3, -0.25) is 9.59 Å². The number of nitrogens with zero attached hydrogens (tertiary/aromatic N) is 3. The molecule has 1 amide bonds. The summed E-state index contributed by atoms with van der Waals surface area (Å²) in [5.41, 5.74) is 4.89. The number of anilines is 2. The number of amides is 1. The lowest BCUT2D eigenvalue weighted by molar-refractivity contribution is -0.120. The van der Waals surface area contributed by atoms with Crippen LogP contribution in [0.2, 0.25) is 0 Å². The van der Waals surface area contributed by atoms with E-state index in [1.165, 1.54) is 22.7 Å². The Morgan fingerprint density at radius 2 is 1.94 bits per heavy atom. The molecule has 1 atom stereocenters. The van der Waals surface area contributed by atoms with E-state index in [9.17, 15) is 19.2 Å². The Kier molecular flexibility index (Phi) is 4.72. The maximum Gasteiger partial charge on any atom is 0.258 e. The van der Waals surface area contributed by atoms with Gasteiger partial charge in [0.05, 0.1) is 17.7 Å². The predicted molar refractivity (Wildman–Crippen MR) is 122 cm³/mol. The minimum atomic E-state index is -1.81. The molecule has 2 aliphatic rings. The van der Waals surface area contributed by atoms with Crippen LogP contribution in [0.4, 0.5) is 15.9 Å². The number of rotatable bonds is 3. The summed E-state index contributed by atoms with van der Waals surface area (Å²) in [4.78, 5) is 35.9. The first kappa shape index (κ1) is 20.8. The maximum absolute atomic E-state index is 14.5. The molecule has 0 radical (unpaired) electrons. The summed E-state index contributed by atoms with van der Waals surface area (Å²) in [5.74, 6) is -0.992. The number of carbonyl (C=O) groups excluding carboxylic acids is 1. The fraction of sp³-hybridized carbons (Fsp3) is 0.130. The van der Waals surface area contributed by atoms with Gasteiger partial charge in [-0.1, -0.05) is 48.2 Å². The van der Waals surface area contributed by atoms with Gasteiger partial charge in [0.2, 0.25) is 5.91 Å². The van der Waals surface area contributed by atoms with Crippen LogP contribution < -0.4 is 21.5 Å². The Morgan fingerprint density at radius 3 is 2.67 bits per heavy atom. The number of H-pyrrole nitrogens is 1. The van der Waals surface area contributed by atoms with Gasteiger partial charge in [0.25, 0.3) is 5.56 Å². The third-order valence-electron chi connectivity index (χ3n) is 5.93. The van der Waals surface area contributed by atoms with E-state index >= 15 is 0 Å². The number of carbonyl (C=O) groups is 1. The van der Waals surface area contributed by atoms with Crippen LogP contribution in [0.1, 0.15) is 16.7 Å². The van der Waals surface area contributed by atoms with E-state index in [1.807, 2.05) is 6.07 Å². The summed E-state index contributed by atoms with van der Waals surface area (Å²) < 4.78 is 14.5. The zero-order chi connectivity index (χ0) is 23.3. The van der Waals surface area contributed by atoms with Crippen LogP contribution in [-0.2, 0) is 16.8 Å². The van der Waals surface area contributed by atoms with E-state index in [0.29, 0.717) is 22.0 Å². The Hall–Kier alpha value is -4.10. The third-order valence-corrected chi connectivity index (χ3v) is 6.51. The van der Waals surface area contributed by atoms with E-state index in [4.69, 9.17) is 5.73 Å². The molecule has 1 spiro atoms. The van der Waals surface area contributed by atoms with Crippen molar-refractivity contribution in [3.8, 4) is 6.07 Å². The van der Waals surface area contributed by atoms with Gasteiger partial charge in [-0.15, -0.1) is 0 Å². The van der Waals surface area contributed by atoms with Gasteiger partial charge in [-0.05, 0) is 18.4 Å². The average molecular weight is 460 g/mol. The molecule has 0 fully saturated rings. The molecular weight excluding hydrogens is 443 g/mol. The van der Waals surface area contributed by atoms with Crippen molar-refractivity contribution in [2.45, 2.75) is 17.1 Å². The molecule has 33 heavy (non-hydrogen) atoms. The number of nitriles is 1. The molecule has 0 bridgehead atoms. The van der Waals surface area contributed by atoms with Crippen molar-refractivity contribution in [2.75, 3.05) is 16.5 Å². The number of aromatic amines is 1. The van der Waals surface area contributed by atoms with Crippen molar-refractivity contribution in [3.05, 3.63) is 92.8 Å². The van der Waals surface area contributed by atoms with Gasteiger partial charge in [0.1, 0.15) is 28.9 Å². The quantitative estimate of drug-likeness (QED) is 0.405. The normalized spacial score (nSPS) is 18.7. The second-order valence-corrected chi connectivity index (χ2v) is 8.37. The minimum absolute atomic E-state index is 0.0143. The molecule has 4 N–H and O–H groups in total. The van der Waals surface area contributed by atoms with Crippen molar-refractivity contribution in [3.63, 3.8) is 0 Å². The van der Waals surface area contributed by atoms with E-state index in [0.717, 1.165) is 0 Å². The third kappa shape index (κ3) is 2.79. The zero-order valence-corrected chi connectivity index (χ0v) is 18.2. The molecule has 0 saturated carbocycles. The van der Waals surface area contributed by atoms with Crippen molar-refractivity contribution >= 4 is 29.2 Å². The molecule has 3 heterocycles. The van der Waals surface area contributed by atoms with Crippen LogP contribution in [0, 0.1) is 17.1 Å². The number of halogens is 1. The number of hydrogen-bond acceptors (Lipinski definition) is 7. The van der Waals surface area contributed by atoms with Gasteiger partial charge < -0.3 is 20.9 Å². The van der Waals surface area contributed by atoms with Crippen LogP contribution in [0.25, 0.3) is 0 Å². The number of fused-ring (bicyclic) bond motifs is 4. The Morgan fingerprint density at radius 1 is 1.21 bits per heavy atom. The number of hydrogen-bond donors (Lipinski definition) is 3. The van der Waals surface area contributed by atoms with E-state index in [-0.39, 0.29) is 29.3 Å². The van der Waals surface area contributed by atoms with Crippen molar-refractivity contribution in [2.24, 2.45) is 5.73 Å². The molecule has 5 rings (SSSR count). The largest absolute Gasteiger partial charge is 0.384 e. The van der Waals surface area contributed by atoms with Gasteiger partial charge in [-0.25, -0.2) is 9.37 Å². The fourth-order valence-electron chi connectivity index (χ4n) is 4.54. The summed E-state index contributed by atoms with van der Waals surface area (Å²) in [6.45, 7) is -0.0835. The molecule has 10 heteroatoms. The highest BCUT2D eigenvalue weighted by Gasteiger charge is 2.60. The molecule has 2 aliphatic heterocycles. The number of benzene rings is 2. The maximum atomic E-state index is 14.5. The van der Waals surface area contributed by atoms with Crippen molar-refractivity contribution < 1.29 is 9.18 Å². The summed E-state index contributed by atoms with van der Waals surface area (Å²) in [7, 11) is 0. The lowest BCUT2D eigenvalue weighted by Crippen LogP contribution is -2.49. The summed E-state index contributed by atoms with van der Waals surface area (Å²) >= 11 is 1.22. The monoisotopic (exact) mass is 460 g/mol. The van der Waals surface area contributed by atoms with E-state index in [1.54, 1.807) is 48.7 Å². The number of nitrogens with two attached hydrogens (primary N) is 1. The van der Waals surface area contributed by atoms with Gasteiger partial charge in [0.15, 0.2) is 5.16 Å². The molecular formula is C23H17FN6O2S. The molecule has 1 aromatic heterocycles. The summed E-state index contributed by atoms with van der Waals surface area (Å²) in [5, 5.41) is 13.2. The van der Waals surface area contributed by atoms with Crippen LogP contribution in [0.5, 0.6) is 0 Å². The molecule has 3 aromatic rings. The lowest BCUT2D eigenvalue weighted by Gasteiger charge is -2.34. The number of aromatic nitrogens is 2. The minimum Gasteiger partial charge on any atom is -0.384 e. The van der Waals surface area contributed by atoms with Gasteiger partial charge in [0, 0.05) is 16.8 Å². The number of nitrogens with one attached hydrogen (secondary N) is 2. The van der Waals surface area contributed by atoms with Crippen LogP contribution >= 0.6 is 11.8 Å². The molecule has 8 nitrogen and oxygen atoms in total. The Balaban J connectivity index is 1.83. The van der Waals surface area contributed by atoms with Crippen molar-refractivity contribution in [1.29, 1.82) is 5.26 Å². The smallest absolute Gasteiger partial charge is 0.258 e. The lowest BCUT2D eigenvalue weighted by atomic mass is 9.69. The summed E-state index contributed by atoms with van der Waals surface area (Å²) in [6, 6.07) is 15.0. The highest BCUT2D eigenvalue weighted by Crippen LogP contribution is 2.53. The van der Waals surface area contributed by atoms with Gasteiger partial charge >= 0.3 is 0 Å². The van der Waals surface area contributed by atoms with Gasteiger partial charge in [-0.2, -0.15) is 5.26 Å². The average Bonchev–Trinajstić information content (AvgIpc) is 3.04. The summed E-state index contributed by atoms with van der Waals surface area (Å²) in [6.07, 6.45) is 1.75. The standard InChI is InChI=1S/C23H17FN6O2S/c1-33-22-28-19-17(20(31)29-22)23(14(10-25)18(26)27-19)13-7-3-5-9-16(13)30(21(23)32)11-12-6-2-4-8-15(12)24/h2-9H,11,26H2,1H3,(H2,27,28,29,31)/t23-/m0/s1. The van der Waals surface area contributed by atoms with Crippen LogP contribution in [-0.4, -0.2) is 22.1 Å². The SMILES string of the molecule is CSc1nc2c(c(=O)[nH]1)[C@@]1(C(=O)N(Cc3ccccc3F)c3ccccc31)C(C#N)=C(N)N2. The first-order valence-corrected chi connectivity index (χ1v) is 11.2. The highest BCUT2D eigenvalue weighted by atomic mass is 32.2. The molecule has 164 valence electrons. The predicted octanol–water partition coefficient (Wildman–Crippen LogP) is 2.58. The Bertz CT molecular complexity index is 1460. The van der Waals surface area contributed by atoms with E-state index in [2.05, 4.69) is 15.3 Å². The molecule has 0 aliphatic carbocycles. The fourth-order valence-corrected chi connectivity index (χ4v) is 4.92. The molecule has 0 unspecified atom stereocenters. The second-order valence-electron chi connectivity index (χ2n) is 7.57. The Labute approximate surface area is 191 Å². The number of thioether (sulfide) groups is 1. The zero-order valence-electron chi connectivity index (χ0n) is 17.3.